The summed E-state index contributed by atoms with van der Waals surface area (Å²) in [5.41, 5.74) is 1.57. The van der Waals surface area contributed by atoms with E-state index >= 15 is 0 Å². The van der Waals surface area contributed by atoms with E-state index < -0.39 is 12.0 Å². The number of hydrogen-bond donors (Lipinski definition) is 4. The quantitative estimate of drug-likeness (QED) is 0.382. The minimum Gasteiger partial charge on any atom is -0.504 e. The third-order valence-electron chi connectivity index (χ3n) is 3.10. The standard InChI is InChI=1S/C14H16N2O4S/c1-3-20-13(19)11-7(2)15-14(21)16-12(11)8-4-5-9(17)10(18)6-8/h4-6,12,17-18H,3H2,1-2H3,(H2,15,16,21)/t12-/m1/s1. The maximum Gasteiger partial charge on any atom is 0.338 e. The van der Waals surface area contributed by atoms with Crippen LogP contribution < -0.4 is 10.6 Å². The van der Waals surface area contributed by atoms with Crippen molar-refractivity contribution in [3.8, 4) is 11.5 Å². The first-order valence-electron chi connectivity index (χ1n) is 6.41. The van der Waals surface area contributed by atoms with Crippen molar-refractivity contribution >= 4 is 23.3 Å². The second-order valence-electron chi connectivity index (χ2n) is 4.54. The third kappa shape index (κ3) is 3.08. The predicted molar refractivity (Wildman–Crippen MR) is 80.7 cm³/mol. The highest BCUT2D eigenvalue weighted by Gasteiger charge is 2.31. The monoisotopic (exact) mass is 308 g/mol. The molecule has 0 bridgehead atoms. The lowest BCUT2D eigenvalue weighted by Gasteiger charge is -2.29. The summed E-state index contributed by atoms with van der Waals surface area (Å²) < 4.78 is 5.06. The number of phenols is 2. The molecule has 0 fully saturated rings. The highest BCUT2D eigenvalue weighted by molar-refractivity contribution is 7.80. The molecule has 0 unspecified atom stereocenters. The molecule has 2 rings (SSSR count). The van der Waals surface area contributed by atoms with Crippen LogP contribution >= 0.6 is 12.2 Å². The van der Waals surface area contributed by atoms with Crippen LogP contribution in [0.4, 0.5) is 0 Å². The zero-order chi connectivity index (χ0) is 15.6. The Hall–Kier alpha value is -2.28. The number of allylic oxidation sites excluding steroid dienone is 1. The van der Waals surface area contributed by atoms with Crippen LogP contribution in [0, 0.1) is 0 Å². The Balaban J connectivity index is 2.46. The van der Waals surface area contributed by atoms with Crippen molar-refractivity contribution in [3.05, 3.63) is 35.0 Å². The first-order chi connectivity index (χ1) is 9.93. The van der Waals surface area contributed by atoms with E-state index in [1.165, 1.54) is 12.1 Å². The Bertz CT molecular complexity index is 627. The van der Waals surface area contributed by atoms with Gasteiger partial charge in [0.15, 0.2) is 16.6 Å². The van der Waals surface area contributed by atoms with E-state index in [1.54, 1.807) is 19.9 Å². The van der Waals surface area contributed by atoms with Gasteiger partial charge in [-0.2, -0.15) is 0 Å². The number of hydrogen-bond acceptors (Lipinski definition) is 5. The van der Waals surface area contributed by atoms with Crippen molar-refractivity contribution in [2.24, 2.45) is 0 Å². The van der Waals surface area contributed by atoms with E-state index in [2.05, 4.69) is 10.6 Å². The predicted octanol–water partition coefficient (Wildman–Crippen LogP) is 1.45. The fourth-order valence-corrected chi connectivity index (χ4v) is 2.41. The summed E-state index contributed by atoms with van der Waals surface area (Å²) in [6, 6.07) is 3.79. The van der Waals surface area contributed by atoms with E-state index in [4.69, 9.17) is 17.0 Å². The zero-order valence-electron chi connectivity index (χ0n) is 11.6. The van der Waals surface area contributed by atoms with Crippen LogP contribution in [0.5, 0.6) is 11.5 Å². The molecule has 112 valence electrons. The van der Waals surface area contributed by atoms with Gasteiger partial charge in [0.2, 0.25) is 0 Å². The maximum atomic E-state index is 12.1. The smallest absolute Gasteiger partial charge is 0.338 e. The second kappa shape index (κ2) is 6.01. The molecule has 0 spiro atoms. The zero-order valence-corrected chi connectivity index (χ0v) is 12.5. The molecule has 1 aromatic rings. The number of rotatable bonds is 3. The molecule has 0 saturated carbocycles. The topological polar surface area (TPSA) is 90.8 Å². The van der Waals surface area contributed by atoms with Crippen molar-refractivity contribution < 1.29 is 19.7 Å². The minimum absolute atomic E-state index is 0.228. The van der Waals surface area contributed by atoms with Gasteiger partial charge in [-0.25, -0.2) is 4.79 Å². The van der Waals surface area contributed by atoms with Gasteiger partial charge in [0.25, 0.3) is 0 Å². The van der Waals surface area contributed by atoms with E-state index in [1.807, 2.05) is 0 Å². The van der Waals surface area contributed by atoms with Gasteiger partial charge in [-0.15, -0.1) is 0 Å². The molecule has 0 amide bonds. The first kappa shape index (κ1) is 15.1. The number of aromatic hydroxyl groups is 2. The molecule has 0 saturated heterocycles. The average Bonchev–Trinajstić information content (AvgIpc) is 2.41. The van der Waals surface area contributed by atoms with Crippen LogP contribution in [0.15, 0.2) is 29.5 Å². The summed E-state index contributed by atoms with van der Waals surface area (Å²) in [7, 11) is 0. The van der Waals surface area contributed by atoms with Gasteiger partial charge in [0.1, 0.15) is 0 Å². The summed E-state index contributed by atoms with van der Waals surface area (Å²) in [6.07, 6.45) is 0. The maximum absolute atomic E-state index is 12.1. The SMILES string of the molecule is CCOC(=O)C1=C(C)NC(=S)N[C@@H]1c1ccc(O)c(O)c1. The van der Waals surface area contributed by atoms with Gasteiger partial charge in [-0.1, -0.05) is 6.07 Å². The molecule has 4 N–H and O–H groups in total. The Kier molecular flexibility index (Phi) is 4.32. The number of esters is 1. The summed E-state index contributed by atoms with van der Waals surface area (Å²) in [5, 5.41) is 25.2. The average molecular weight is 308 g/mol. The molecule has 1 heterocycles. The van der Waals surface area contributed by atoms with E-state index in [0.29, 0.717) is 21.9 Å². The van der Waals surface area contributed by atoms with Crippen molar-refractivity contribution in [2.45, 2.75) is 19.9 Å². The fourth-order valence-electron chi connectivity index (χ4n) is 2.14. The van der Waals surface area contributed by atoms with Crippen LogP contribution in [0.2, 0.25) is 0 Å². The Morgan fingerprint density at radius 1 is 1.38 bits per heavy atom. The minimum atomic E-state index is -0.552. The molecular weight excluding hydrogens is 292 g/mol. The fraction of sp³-hybridized carbons (Fsp3) is 0.286. The molecule has 0 aliphatic carbocycles. The van der Waals surface area contributed by atoms with Crippen LogP contribution in [-0.4, -0.2) is 27.9 Å². The van der Waals surface area contributed by atoms with E-state index in [0.717, 1.165) is 0 Å². The molecule has 1 aliphatic rings. The van der Waals surface area contributed by atoms with Crippen molar-refractivity contribution in [1.82, 2.24) is 10.6 Å². The lowest BCUT2D eigenvalue weighted by molar-refractivity contribution is -0.139. The summed E-state index contributed by atoms with van der Waals surface area (Å²) in [6.45, 7) is 3.71. The van der Waals surface area contributed by atoms with Crippen molar-refractivity contribution in [1.29, 1.82) is 0 Å². The molecule has 0 aromatic heterocycles. The number of nitrogens with one attached hydrogen (secondary N) is 2. The van der Waals surface area contributed by atoms with Gasteiger partial charge < -0.3 is 25.6 Å². The van der Waals surface area contributed by atoms with E-state index in [9.17, 15) is 15.0 Å². The Labute approximate surface area is 127 Å². The van der Waals surface area contributed by atoms with Crippen LogP contribution in [0.25, 0.3) is 0 Å². The lowest BCUT2D eigenvalue weighted by atomic mass is 9.95. The molecular formula is C14H16N2O4S. The normalized spacial score (nSPS) is 18.0. The van der Waals surface area contributed by atoms with Gasteiger partial charge in [0.05, 0.1) is 18.2 Å². The van der Waals surface area contributed by atoms with Gasteiger partial charge in [0, 0.05) is 5.70 Å². The van der Waals surface area contributed by atoms with Crippen LogP contribution in [0.3, 0.4) is 0 Å². The molecule has 1 aromatic carbocycles. The number of carbonyl (C=O) groups is 1. The first-order valence-corrected chi connectivity index (χ1v) is 6.82. The number of ether oxygens (including phenoxy) is 1. The molecule has 1 aliphatic heterocycles. The Morgan fingerprint density at radius 2 is 2.10 bits per heavy atom. The summed E-state index contributed by atoms with van der Waals surface area (Å²) in [5.74, 6) is -0.955. The highest BCUT2D eigenvalue weighted by Crippen LogP contribution is 2.33. The Morgan fingerprint density at radius 3 is 2.71 bits per heavy atom. The van der Waals surface area contributed by atoms with Crippen molar-refractivity contribution in [3.63, 3.8) is 0 Å². The lowest BCUT2D eigenvalue weighted by Crippen LogP contribution is -2.45. The van der Waals surface area contributed by atoms with Crippen LogP contribution in [0.1, 0.15) is 25.5 Å². The molecule has 7 heteroatoms. The number of phenolic OH excluding ortho intramolecular Hbond substituents is 2. The number of carbonyl (C=O) groups excluding carboxylic acids is 1. The third-order valence-corrected chi connectivity index (χ3v) is 3.32. The molecule has 6 nitrogen and oxygen atoms in total. The van der Waals surface area contributed by atoms with Crippen LogP contribution in [-0.2, 0) is 9.53 Å². The molecule has 21 heavy (non-hydrogen) atoms. The van der Waals surface area contributed by atoms with Gasteiger partial charge in [-0.05, 0) is 43.8 Å². The van der Waals surface area contributed by atoms with E-state index in [-0.39, 0.29) is 18.1 Å². The summed E-state index contributed by atoms with van der Waals surface area (Å²) >= 11 is 5.10. The second-order valence-corrected chi connectivity index (χ2v) is 4.95. The molecule has 1 atom stereocenters. The number of thiocarbonyl (C=S) groups is 1. The summed E-state index contributed by atoms with van der Waals surface area (Å²) in [4.78, 5) is 12.1. The largest absolute Gasteiger partial charge is 0.504 e. The van der Waals surface area contributed by atoms with Gasteiger partial charge in [-0.3, -0.25) is 0 Å². The molecule has 0 radical (unpaired) electrons. The highest BCUT2D eigenvalue weighted by atomic mass is 32.1. The number of benzene rings is 1. The van der Waals surface area contributed by atoms with Gasteiger partial charge >= 0.3 is 5.97 Å². The van der Waals surface area contributed by atoms with Crippen molar-refractivity contribution in [2.75, 3.05) is 6.61 Å².